The molecule has 11 nitrogen and oxygen atoms in total. The average molecular weight is 608 g/mol. The molecule has 1 unspecified atom stereocenters. The van der Waals surface area contributed by atoms with Crippen molar-refractivity contribution >= 4 is 23.8 Å². The molecule has 3 aromatic carbocycles. The van der Waals surface area contributed by atoms with E-state index in [1.54, 1.807) is 24.3 Å². The number of nitrogens with zero attached hydrogens (tertiary/aromatic N) is 3. The van der Waals surface area contributed by atoms with Gasteiger partial charge in [0.15, 0.2) is 0 Å². The molecule has 0 bridgehead atoms. The van der Waals surface area contributed by atoms with Crippen LogP contribution in [0.15, 0.2) is 72.8 Å². The smallest absolute Gasteiger partial charge is 0.405 e. The van der Waals surface area contributed by atoms with Crippen LogP contribution in [-0.4, -0.2) is 44.8 Å². The van der Waals surface area contributed by atoms with Crippen molar-refractivity contribution in [2.75, 3.05) is 5.32 Å². The number of carbonyl (C=O) groups excluding carboxylic acids is 3. The van der Waals surface area contributed by atoms with E-state index in [4.69, 9.17) is 0 Å². The Morgan fingerprint density at radius 1 is 0.864 bits per heavy atom. The summed E-state index contributed by atoms with van der Waals surface area (Å²) in [6.07, 6.45) is 0.770. The van der Waals surface area contributed by atoms with E-state index in [0.29, 0.717) is 17.0 Å². The SMILES string of the molecule is O=C(NC(=O)c1ccccc1OC(F)(F)F)NC(c1ccc(C(=O)Nc2nn[nH]n2)cc1)c1ccc(C2CCCCC2)cc1. The molecule has 5 rings (SSSR count). The maximum absolute atomic E-state index is 13.1. The largest absolute Gasteiger partial charge is 0.573 e. The maximum Gasteiger partial charge on any atom is 0.573 e. The number of benzene rings is 3. The van der Waals surface area contributed by atoms with E-state index in [-0.39, 0.29) is 11.5 Å². The number of urea groups is 1. The number of carbonyl (C=O) groups is 3. The molecule has 1 saturated carbocycles. The summed E-state index contributed by atoms with van der Waals surface area (Å²) in [5.74, 6) is -1.85. The first-order valence-corrected chi connectivity index (χ1v) is 13.9. The van der Waals surface area contributed by atoms with Crippen LogP contribution >= 0.6 is 0 Å². The molecule has 1 aliphatic rings. The summed E-state index contributed by atoms with van der Waals surface area (Å²) in [6.45, 7) is 0. The molecule has 0 aliphatic heterocycles. The van der Waals surface area contributed by atoms with Crippen LogP contribution in [0.25, 0.3) is 0 Å². The van der Waals surface area contributed by atoms with Gasteiger partial charge in [-0.15, -0.1) is 18.3 Å². The van der Waals surface area contributed by atoms with Gasteiger partial charge in [0.1, 0.15) is 5.75 Å². The van der Waals surface area contributed by atoms with Gasteiger partial charge in [0, 0.05) is 5.56 Å². The molecule has 228 valence electrons. The zero-order chi connectivity index (χ0) is 31.1. The Morgan fingerprint density at radius 3 is 2.16 bits per heavy atom. The summed E-state index contributed by atoms with van der Waals surface area (Å²) < 4.78 is 42.5. The van der Waals surface area contributed by atoms with Crippen LogP contribution in [0.3, 0.4) is 0 Å². The number of imide groups is 1. The van der Waals surface area contributed by atoms with Gasteiger partial charge in [-0.25, -0.2) is 4.79 Å². The molecule has 1 aliphatic carbocycles. The number of H-pyrrole nitrogens is 1. The molecule has 4 amide bonds. The number of hydrogen-bond acceptors (Lipinski definition) is 7. The van der Waals surface area contributed by atoms with Gasteiger partial charge in [0.2, 0.25) is 0 Å². The molecule has 0 spiro atoms. The van der Waals surface area contributed by atoms with E-state index >= 15 is 0 Å². The van der Waals surface area contributed by atoms with E-state index in [2.05, 4.69) is 41.3 Å². The predicted molar refractivity (Wildman–Crippen MR) is 152 cm³/mol. The quantitative estimate of drug-likeness (QED) is 0.203. The Balaban J connectivity index is 1.36. The van der Waals surface area contributed by atoms with E-state index in [9.17, 15) is 27.6 Å². The third-order valence-corrected chi connectivity index (χ3v) is 7.28. The van der Waals surface area contributed by atoms with E-state index < -0.39 is 41.6 Å². The molecule has 0 saturated heterocycles. The zero-order valence-corrected chi connectivity index (χ0v) is 23.2. The van der Waals surface area contributed by atoms with E-state index in [1.165, 1.54) is 37.0 Å². The molecule has 1 aromatic heterocycles. The second-order valence-corrected chi connectivity index (χ2v) is 10.2. The van der Waals surface area contributed by atoms with Crippen molar-refractivity contribution in [3.05, 3.63) is 101 Å². The lowest BCUT2D eigenvalue weighted by Gasteiger charge is -2.24. The number of hydrogen-bond donors (Lipinski definition) is 4. The van der Waals surface area contributed by atoms with Gasteiger partial charge in [-0.2, -0.15) is 5.21 Å². The molecule has 1 atom stereocenters. The number of aromatic amines is 1. The fourth-order valence-electron chi connectivity index (χ4n) is 5.18. The van der Waals surface area contributed by atoms with Gasteiger partial charge in [-0.05, 0) is 64.9 Å². The number of rotatable bonds is 8. The van der Waals surface area contributed by atoms with Crippen LogP contribution in [0.2, 0.25) is 0 Å². The van der Waals surface area contributed by atoms with Gasteiger partial charge in [0.05, 0.1) is 11.6 Å². The summed E-state index contributed by atoms with van der Waals surface area (Å²) in [7, 11) is 0. The molecule has 1 heterocycles. The van der Waals surface area contributed by atoms with Crippen LogP contribution < -0.4 is 20.7 Å². The third-order valence-electron chi connectivity index (χ3n) is 7.28. The van der Waals surface area contributed by atoms with Crippen molar-refractivity contribution in [3.8, 4) is 5.75 Å². The number of aromatic nitrogens is 4. The van der Waals surface area contributed by atoms with Gasteiger partial charge in [0.25, 0.3) is 17.8 Å². The first-order chi connectivity index (χ1) is 21.2. The van der Waals surface area contributed by atoms with Gasteiger partial charge >= 0.3 is 12.4 Å². The maximum atomic E-state index is 13.1. The first kappa shape index (κ1) is 30.2. The molecular formula is C30H28F3N7O4. The number of amides is 4. The summed E-state index contributed by atoms with van der Waals surface area (Å²) >= 11 is 0. The highest BCUT2D eigenvalue weighted by atomic mass is 19.4. The summed E-state index contributed by atoms with van der Waals surface area (Å²) in [4.78, 5) is 38.4. The second-order valence-electron chi connectivity index (χ2n) is 10.2. The number of anilines is 1. The fraction of sp³-hybridized carbons (Fsp3) is 0.267. The molecular weight excluding hydrogens is 579 g/mol. The number of alkyl halides is 3. The van der Waals surface area contributed by atoms with Crippen molar-refractivity contribution in [1.29, 1.82) is 0 Å². The van der Waals surface area contributed by atoms with Crippen LogP contribution in [0.4, 0.5) is 23.9 Å². The van der Waals surface area contributed by atoms with Crippen LogP contribution in [-0.2, 0) is 0 Å². The van der Waals surface area contributed by atoms with Crippen molar-refractivity contribution in [2.24, 2.45) is 0 Å². The van der Waals surface area contributed by atoms with Crippen LogP contribution in [0.1, 0.15) is 81.5 Å². The summed E-state index contributed by atoms with van der Waals surface area (Å²) in [6, 6.07) is 17.2. The topological polar surface area (TPSA) is 151 Å². The Hall–Kier alpha value is -5.27. The lowest BCUT2D eigenvalue weighted by molar-refractivity contribution is -0.274. The second kappa shape index (κ2) is 13.4. The zero-order valence-electron chi connectivity index (χ0n) is 23.2. The van der Waals surface area contributed by atoms with E-state index in [0.717, 1.165) is 25.0 Å². The molecule has 4 aromatic rings. The van der Waals surface area contributed by atoms with Crippen molar-refractivity contribution in [1.82, 2.24) is 31.3 Å². The molecule has 4 N–H and O–H groups in total. The summed E-state index contributed by atoms with van der Waals surface area (Å²) in [5.41, 5.74) is 2.28. The lowest BCUT2D eigenvalue weighted by atomic mass is 9.83. The van der Waals surface area contributed by atoms with Crippen LogP contribution in [0, 0.1) is 0 Å². The average Bonchev–Trinajstić information content (AvgIpc) is 3.53. The normalized spacial score (nSPS) is 14.3. The number of nitrogens with one attached hydrogen (secondary N) is 4. The molecule has 0 radical (unpaired) electrons. The molecule has 44 heavy (non-hydrogen) atoms. The van der Waals surface area contributed by atoms with E-state index in [1.807, 2.05) is 24.3 Å². The Bertz CT molecular complexity index is 1590. The highest BCUT2D eigenvalue weighted by molar-refractivity contribution is 6.06. The highest BCUT2D eigenvalue weighted by Crippen LogP contribution is 2.34. The van der Waals surface area contributed by atoms with Crippen molar-refractivity contribution in [3.63, 3.8) is 0 Å². The minimum absolute atomic E-state index is 0.000204. The summed E-state index contributed by atoms with van der Waals surface area (Å²) in [5, 5.41) is 20.3. The number of tetrazole rings is 1. The first-order valence-electron chi connectivity index (χ1n) is 13.9. The van der Waals surface area contributed by atoms with Gasteiger partial charge < -0.3 is 10.1 Å². The Labute approximate surface area is 249 Å². The Kier molecular flexibility index (Phi) is 9.17. The van der Waals surface area contributed by atoms with Crippen molar-refractivity contribution < 1.29 is 32.3 Å². The van der Waals surface area contributed by atoms with Gasteiger partial charge in [-0.1, -0.05) is 72.9 Å². The standard InChI is InChI=1S/C30H28F3N7O4/c31-30(32,33)44-24-9-5-4-8-23(24)27(42)36-29(43)34-25(20-12-10-19(11-13-20)18-6-2-1-3-7-18)21-14-16-22(17-15-21)26(41)35-28-37-39-40-38-28/h4-5,8-18,25H,1-3,6-7H2,(H2,34,36,42,43)(H2,35,37,38,39,40,41). The predicted octanol–water partition coefficient (Wildman–Crippen LogP) is 5.63. The molecule has 14 heteroatoms. The highest BCUT2D eigenvalue weighted by Gasteiger charge is 2.33. The number of para-hydroxylation sites is 1. The lowest BCUT2D eigenvalue weighted by Crippen LogP contribution is -2.41. The monoisotopic (exact) mass is 607 g/mol. The minimum Gasteiger partial charge on any atom is -0.405 e. The number of halogens is 3. The minimum atomic E-state index is -5.03. The fourth-order valence-corrected chi connectivity index (χ4v) is 5.18. The Morgan fingerprint density at radius 2 is 1.52 bits per heavy atom. The van der Waals surface area contributed by atoms with Crippen molar-refractivity contribution in [2.45, 2.75) is 50.4 Å². The third kappa shape index (κ3) is 7.76. The van der Waals surface area contributed by atoms with Gasteiger partial charge in [-0.3, -0.25) is 20.2 Å². The number of ether oxygens (including phenoxy) is 1. The molecule has 1 fully saturated rings. The van der Waals surface area contributed by atoms with Crippen LogP contribution in [0.5, 0.6) is 5.75 Å².